The van der Waals surface area contributed by atoms with Gasteiger partial charge in [-0.15, -0.1) is 0 Å². The molecule has 2 aromatic heterocycles. The fraction of sp³-hybridized carbons (Fsp3) is 0.533. The molecule has 1 saturated heterocycles. The highest BCUT2D eigenvalue weighted by Gasteiger charge is 2.25. The summed E-state index contributed by atoms with van der Waals surface area (Å²) in [7, 11) is 0. The molecule has 0 aromatic carbocycles. The maximum Gasteiger partial charge on any atom is 0.202 e. The van der Waals surface area contributed by atoms with Crippen LogP contribution in [0.2, 0.25) is 0 Å². The van der Waals surface area contributed by atoms with Crippen molar-refractivity contribution in [2.75, 3.05) is 13.1 Å². The van der Waals surface area contributed by atoms with Gasteiger partial charge >= 0.3 is 0 Å². The molecule has 2 atom stereocenters. The van der Waals surface area contributed by atoms with Crippen LogP contribution in [0.3, 0.4) is 0 Å². The average molecular weight is 275 g/mol. The Kier molecular flexibility index (Phi) is 3.89. The molecule has 20 heavy (non-hydrogen) atoms. The molecule has 0 bridgehead atoms. The van der Waals surface area contributed by atoms with E-state index in [2.05, 4.69) is 17.0 Å². The number of hydrogen-bond donors (Lipinski definition) is 1. The van der Waals surface area contributed by atoms with Crippen molar-refractivity contribution in [3.63, 3.8) is 0 Å². The summed E-state index contributed by atoms with van der Waals surface area (Å²) in [5, 5.41) is 4.14. The zero-order chi connectivity index (χ0) is 13.9. The summed E-state index contributed by atoms with van der Waals surface area (Å²) in [6, 6.07) is 6.24. The highest BCUT2D eigenvalue weighted by Crippen LogP contribution is 2.25. The lowest BCUT2D eigenvalue weighted by Crippen LogP contribution is -2.43. The molecule has 0 radical (unpaired) electrons. The zero-order valence-electron chi connectivity index (χ0n) is 11.8. The van der Waals surface area contributed by atoms with Crippen molar-refractivity contribution in [3.8, 4) is 11.5 Å². The summed E-state index contributed by atoms with van der Waals surface area (Å²) in [4.78, 5) is 2.44. The number of piperidine rings is 1. The molecule has 108 valence electrons. The van der Waals surface area contributed by atoms with Crippen LogP contribution in [0.1, 0.15) is 25.5 Å². The van der Waals surface area contributed by atoms with E-state index in [4.69, 9.17) is 14.7 Å². The highest BCUT2D eigenvalue weighted by atomic mass is 16.5. The van der Waals surface area contributed by atoms with E-state index in [9.17, 15) is 0 Å². The Morgan fingerprint density at radius 2 is 2.30 bits per heavy atom. The highest BCUT2D eigenvalue weighted by molar-refractivity contribution is 5.49. The number of furan rings is 1. The van der Waals surface area contributed by atoms with Crippen molar-refractivity contribution in [2.45, 2.75) is 32.4 Å². The maximum atomic E-state index is 5.80. The first-order chi connectivity index (χ1) is 9.76. The van der Waals surface area contributed by atoms with E-state index in [0.29, 0.717) is 17.7 Å². The van der Waals surface area contributed by atoms with Gasteiger partial charge in [0.25, 0.3) is 0 Å². The molecule has 0 spiro atoms. The second kappa shape index (κ2) is 5.81. The third-order valence-corrected chi connectivity index (χ3v) is 4.13. The number of nitrogens with two attached hydrogens (primary N) is 1. The first kappa shape index (κ1) is 13.4. The minimum absolute atomic E-state index is 0.571. The molecule has 5 nitrogen and oxygen atoms in total. The summed E-state index contributed by atoms with van der Waals surface area (Å²) >= 11 is 0. The maximum absolute atomic E-state index is 5.80. The van der Waals surface area contributed by atoms with E-state index < -0.39 is 0 Å². The molecule has 1 fully saturated rings. The molecule has 2 aromatic rings. The van der Waals surface area contributed by atoms with Gasteiger partial charge in [-0.05, 0) is 44.4 Å². The Hall–Kier alpha value is -1.59. The molecule has 0 saturated carbocycles. The standard InChI is InChI=1S/C15H21N3O2/c1-11-4-5-12(8-16)9-18(11)10-13-7-15(20-17-13)14-3-2-6-19-14/h2-3,6-7,11-12H,4-5,8-10,16H2,1H3. The van der Waals surface area contributed by atoms with Crippen molar-refractivity contribution < 1.29 is 8.94 Å². The van der Waals surface area contributed by atoms with Crippen molar-refractivity contribution in [3.05, 3.63) is 30.2 Å². The van der Waals surface area contributed by atoms with Gasteiger partial charge in [0.1, 0.15) is 0 Å². The molecule has 3 rings (SSSR count). The Morgan fingerprint density at radius 3 is 3.05 bits per heavy atom. The van der Waals surface area contributed by atoms with Crippen molar-refractivity contribution >= 4 is 0 Å². The molecular formula is C15H21N3O2. The topological polar surface area (TPSA) is 68.4 Å². The Morgan fingerprint density at radius 1 is 1.40 bits per heavy atom. The smallest absolute Gasteiger partial charge is 0.202 e. The van der Waals surface area contributed by atoms with Crippen LogP contribution in [0, 0.1) is 5.92 Å². The molecule has 2 N–H and O–H groups in total. The molecule has 0 amide bonds. The fourth-order valence-corrected chi connectivity index (χ4v) is 2.80. The minimum atomic E-state index is 0.571. The number of aromatic nitrogens is 1. The van der Waals surface area contributed by atoms with Gasteiger partial charge in [-0.2, -0.15) is 0 Å². The fourth-order valence-electron chi connectivity index (χ4n) is 2.80. The summed E-state index contributed by atoms with van der Waals surface area (Å²) in [5.74, 6) is 2.00. The summed E-state index contributed by atoms with van der Waals surface area (Å²) in [5.41, 5.74) is 6.74. The third kappa shape index (κ3) is 2.78. The third-order valence-electron chi connectivity index (χ3n) is 4.13. The predicted octanol–water partition coefficient (Wildman–Crippen LogP) is 2.49. The normalized spacial score (nSPS) is 24.1. The first-order valence-corrected chi connectivity index (χ1v) is 7.20. The molecule has 2 unspecified atom stereocenters. The predicted molar refractivity (Wildman–Crippen MR) is 75.9 cm³/mol. The monoisotopic (exact) mass is 275 g/mol. The van der Waals surface area contributed by atoms with Crippen LogP contribution in [0.15, 0.2) is 33.4 Å². The van der Waals surface area contributed by atoms with Crippen molar-refractivity contribution in [2.24, 2.45) is 11.7 Å². The summed E-state index contributed by atoms with van der Waals surface area (Å²) < 4.78 is 10.7. The number of hydrogen-bond acceptors (Lipinski definition) is 5. The van der Waals surface area contributed by atoms with Gasteiger partial charge < -0.3 is 14.7 Å². The van der Waals surface area contributed by atoms with E-state index in [1.165, 1.54) is 12.8 Å². The van der Waals surface area contributed by atoms with E-state index in [1.54, 1.807) is 6.26 Å². The van der Waals surface area contributed by atoms with Crippen LogP contribution in [-0.2, 0) is 6.54 Å². The summed E-state index contributed by atoms with van der Waals surface area (Å²) in [6.45, 7) is 4.88. The van der Waals surface area contributed by atoms with Gasteiger partial charge in [0, 0.05) is 25.2 Å². The van der Waals surface area contributed by atoms with Crippen LogP contribution >= 0.6 is 0 Å². The van der Waals surface area contributed by atoms with Crippen LogP contribution in [0.4, 0.5) is 0 Å². The van der Waals surface area contributed by atoms with Gasteiger partial charge in [-0.25, -0.2) is 0 Å². The summed E-state index contributed by atoms with van der Waals surface area (Å²) in [6.07, 6.45) is 4.06. The van der Waals surface area contributed by atoms with Crippen molar-refractivity contribution in [1.82, 2.24) is 10.1 Å². The van der Waals surface area contributed by atoms with Crippen LogP contribution in [0.25, 0.3) is 11.5 Å². The van der Waals surface area contributed by atoms with E-state index in [-0.39, 0.29) is 0 Å². The average Bonchev–Trinajstić information content (AvgIpc) is 3.12. The molecular weight excluding hydrogens is 254 g/mol. The lowest BCUT2D eigenvalue weighted by Gasteiger charge is -2.37. The number of rotatable bonds is 4. The van der Waals surface area contributed by atoms with Gasteiger partial charge in [-0.3, -0.25) is 4.90 Å². The SMILES string of the molecule is CC1CCC(CN)CN1Cc1cc(-c2ccco2)on1. The largest absolute Gasteiger partial charge is 0.461 e. The van der Waals surface area contributed by atoms with Crippen LogP contribution in [0.5, 0.6) is 0 Å². The first-order valence-electron chi connectivity index (χ1n) is 7.20. The minimum Gasteiger partial charge on any atom is -0.461 e. The molecule has 1 aliphatic rings. The Labute approximate surface area is 118 Å². The van der Waals surface area contributed by atoms with Crippen molar-refractivity contribution in [1.29, 1.82) is 0 Å². The number of nitrogens with zero attached hydrogens (tertiary/aromatic N) is 2. The quantitative estimate of drug-likeness (QED) is 0.928. The van der Waals surface area contributed by atoms with Gasteiger partial charge in [0.05, 0.1) is 12.0 Å². The molecule has 1 aliphatic heterocycles. The van der Waals surface area contributed by atoms with E-state index >= 15 is 0 Å². The van der Waals surface area contributed by atoms with Gasteiger partial charge in [-0.1, -0.05) is 5.16 Å². The Balaban J connectivity index is 1.68. The number of likely N-dealkylation sites (tertiary alicyclic amines) is 1. The van der Waals surface area contributed by atoms with Crippen LogP contribution < -0.4 is 5.73 Å². The lowest BCUT2D eigenvalue weighted by atomic mass is 9.93. The lowest BCUT2D eigenvalue weighted by molar-refractivity contribution is 0.110. The van der Waals surface area contributed by atoms with Crippen LogP contribution in [-0.4, -0.2) is 29.2 Å². The Bertz CT molecular complexity index is 535. The zero-order valence-corrected chi connectivity index (χ0v) is 11.8. The van der Waals surface area contributed by atoms with E-state index in [1.807, 2.05) is 18.2 Å². The molecule has 5 heteroatoms. The molecule has 3 heterocycles. The molecule has 0 aliphatic carbocycles. The van der Waals surface area contributed by atoms with E-state index in [0.717, 1.165) is 31.1 Å². The second-order valence-corrected chi connectivity index (χ2v) is 5.62. The van der Waals surface area contributed by atoms with Gasteiger partial charge in [0.2, 0.25) is 5.76 Å². The second-order valence-electron chi connectivity index (χ2n) is 5.62. The van der Waals surface area contributed by atoms with Gasteiger partial charge in [0.15, 0.2) is 5.76 Å².